The normalized spacial score (nSPS) is 19.5. The van der Waals surface area contributed by atoms with Gasteiger partial charge in [0.15, 0.2) is 0 Å². The Morgan fingerprint density at radius 2 is 1.30 bits per heavy atom. The smallest absolute Gasteiger partial charge is 0.315 e. The number of fused-ring (bicyclic) bond motifs is 1. The van der Waals surface area contributed by atoms with Crippen LogP contribution in [0.5, 0.6) is 0 Å². The number of carbonyl (C=O) groups excluding carboxylic acids is 4. The van der Waals surface area contributed by atoms with E-state index in [0.29, 0.717) is 90.2 Å². The predicted molar refractivity (Wildman–Crippen MR) is 154 cm³/mol. The standard InChI is InChI=1S/C27H49N5O7S/c1-2-28-23(33)10-5-11-25(35)30-13-7-15-38-17-19-39-18-16-37-14-6-12-29-24(34)9-4-3-8-22-26-21(20-40-22)31-27(36)32-26/h21-22,26H,2-20H2,1H3,(H,28,33)(H,29,34)(H,30,35)(H2,31,32,36)/t21-,22+,26-/m0/s1. The lowest BCUT2D eigenvalue weighted by atomic mass is 10.0. The summed E-state index contributed by atoms with van der Waals surface area (Å²) in [6.45, 7) is 6.70. The highest BCUT2D eigenvalue weighted by Crippen LogP contribution is 2.33. The van der Waals surface area contributed by atoms with Crippen molar-refractivity contribution in [1.82, 2.24) is 26.6 Å². The number of thioether (sulfide) groups is 1. The van der Waals surface area contributed by atoms with Gasteiger partial charge in [-0.1, -0.05) is 6.42 Å². The SMILES string of the molecule is CCNC(=O)CCCC(=O)NCCCOCCOCCOCCCNC(=O)CCCC[C@H]1SC[C@@H]2NC(=O)N[C@@H]21. The van der Waals surface area contributed by atoms with Gasteiger partial charge >= 0.3 is 6.03 Å². The minimum Gasteiger partial charge on any atom is -0.379 e. The molecule has 0 unspecified atom stereocenters. The van der Waals surface area contributed by atoms with Crippen molar-refractivity contribution in [2.75, 3.05) is 65.0 Å². The summed E-state index contributed by atoms with van der Waals surface area (Å²) in [7, 11) is 0. The van der Waals surface area contributed by atoms with Crippen LogP contribution in [0.25, 0.3) is 0 Å². The molecule has 0 spiro atoms. The predicted octanol–water partition coefficient (Wildman–Crippen LogP) is 1.08. The first-order chi connectivity index (χ1) is 19.5. The van der Waals surface area contributed by atoms with E-state index in [-0.39, 0.29) is 35.8 Å². The third-order valence-electron chi connectivity index (χ3n) is 6.58. The highest BCUT2D eigenvalue weighted by molar-refractivity contribution is 8.00. The van der Waals surface area contributed by atoms with Crippen LogP contribution < -0.4 is 26.6 Å². The monoisotopic (exact) mass is 587 g/mol. The van der Waals surface area contributed by atoms with Gasteiger partial charge in [0, 0.05) is 63.1 Å². The summed E-state index contributed by atoms with van der Waals surface area (Å²) < 4.78 is 16.5. The molecule has 5 N–H and O–H groups in total. The van der Waals surface area contributed by atoms with Gasteiger partial charge in [-0.25, -0.2) is 4.79 Å². The number of hydrogen-bond donors (Lipinski definition) is 5. The van der Waals surface area contributed by atoms with Gasteiger partial charge in [-0.2, -0.15) is 11.8 Å². The van der Waals surface area contributed by atoms with Gasteiger partial charge in [-0.3, -0.25) is 14.4 Å². The third-order valence-corrected chi connectivity index (χ3v) is 8.09. The fourth-order valence-corrected chi connectivity index (χ4v) is 6.04. The van der Waals surface area contributed by atoms with Crippen LogP contribution >= 0.6 is 11.8 Å². The van der Waals surface area contributed by atoms with E-state index in [9.17, 15) is 19.2 Å². The summed E-state index contributed by atoms with van der Waals surface area (Å²) in [6.07, 6.45) is 6.15. The van der Waals surface area contributed by atoms with E-state index in [0.717, 1.165) is 37.9 Å². The van der Waals surface area contributed by atoms with Gasteiger partial charge in [-0.15, -0.1) is 0 Å². The zero-order valence-electron chi connectivity index (χ0n) is 23.9. The molecule has 0 radical (unpaired) electrons. The quantitative estimate of drug-likeness (QED) is 0.0830. The second-order valence-corrected chi connectivity index (χ2v) is 11.2. The second-order valence-electron chi connectivity index (χ2n) is 9.92. The minimum atomic E-state index is -0.0580. The average molecular weight is 588 g/mol. The number of rotatable bonds is 24. The average Bonchev–Trinajstić information content (AvgIpc) is 3.48. The Labute approximate surface area is 242 Å². The Hall–Kier alpha value is -2.09. The van der Waals surface area contributed by atoms with Crippen LogP contribution in [0.15, 0.2) is 0 Å². The second kappa shape index (κ2) is 21.6. The Morgan fingerprint density at radius 1 is 0.750 bits per heavy atom. The van der Waals surface area contributed by atoms with E-state index < -0.39 is 0 Å². The maximum Gasteiger partial charge on any atom is 0.315 e. The number of nitrogens with one attached hydrogen (secondary N) is 5. The molecule has 2 saturated heterocycles. The summed E-state index contributed by atoms with van der Waals surface area (Å²) >= 11 is 1.90. The lowest BCUT2D eigenvalue weighted by Crippen LogP contribution is -2.36. The number of hydrogen-bond acceptors (Lipinski definition) is 8. The van der Waals surface area contributed by atoms with Crippen molar-refractivity contribution >= 4 is 35.5 Å². The van der Waals surface area contributed by atoms with E-state index in [4.69, 9.17) is 14.2 Å². The highest BCUT2D eigenvalue weighted by atomic mass is 32.2. The first kappa shape index (κ1) is 34.1. The van der Waals surface area contributed by atoms with Crippen molar-refractivity contribution in [2.45, 2.75) is 82.0 Å². The van der Waals surface area contributed by atoms with Gasteiger partial charge in [0.1, 0.15) is 0 Å². The van der Waals surface area contributed by atoms with Crippen molar-refractivity contribution < 1.29 is 33.4 Å². The number of urea groups is 1. The molecule has 0 aromatic heterocycles. The van der Waals surface area contributed by atoms with Crippen LogP contribution in [-0.4, -0.2) is 106 Å². The minimum absolute atomic E-state index is 0.0191. The molecule has 12 nitrogen and oxygen atoms in total. The molecule has 0 saturated carbocycles. The molecule has 0 bridgehead atoms. The number of carbonyl (C=O) groups is 4. The van der Waals surface area contributed by atoms with Crippen molar-refractivity contribution in [1.29, 1.82) is 0 Å². The van der Waals surface area contributed by atoms with Crippen LogP contribution in [0.3, 0.4) is 0 Å². The first-order valence-electron chi connectivity index (χ1n) is 14.7. The molecule has 3 atom stereocenters. The van der Waals surface area contributed by atoms with E-state index in [1.165, 1.54) is 0 Å². The topological polar surface area (TPSA) is 156 Å². The lowest BCUT2D eigenvalue weighted by molar-refractivity contribution is -0.123. The zero-order valence-corrected chi connectivity index (χ0v) is 24.7. The molecular weight excluding hydrogens is 538 g/mol. The molecule has 0 aliphatic carbocycles. The van der Waals surface area contributed by atoms with Gasteiger partial charge in [0.2, 0.25) is 17.7 Å². The third kappa shape index (κ3) is 15.6. The molecule has 2 aliphatic rings. The number of ether oxygens (including phenoxy) is 3. The molecule has 2 rings (SSSR count). The first-order valence-corrected chi connectivity index (χ1v) is 15.8. The van der Waals surface area contributed by atoms with Crippen LogP contribution in [0.2, 0.25) is 0 Å². The number of unbranched alkanes of at least 4 members (excludes halogenated alkanes) is 1. The molecule has 40 heavy (non-hydrogen) atoms. The summed E-state index contributed by atoms with van der Waals surface area (Å²) in [5.74, 6) is 0.977. The van der Waals surface area contributed by atoms with E-state index in [1.54, 1.807) is 0 Å². The molecule has 2 aliphatic heterocycles. The summed E-state index contributed by atoms with van der Waals surface area (Å²) in [5.41, 5.74) is 0. The van der Waals surface area contributed by atoms with E-state index in [2.05, 4.69) is 26.6 Å². The summed E-state index contributed by atoms with van der Waals surface area (Å²) in [4.78, 5) is 46.5. The molecule has 230 valence electrons. The molecule has 5 amide bonds. The van der Waals surface area contributed by atoms with Crippen LogP contribution in [0.1, 0.15) is 64.7 Å². The van der Waals surface area contributed by atoms with Gasteiger partial charge in [0.05, 0.1) is 38.5 Å². The molecule has 2 fully saturated rings. The zero-order chi connectivity index (χ0) is 28.8. The molecule has 0 aromatic rings. The van der Waals surface area contributed by atoms with Crippen molar-refractivity contribution in [2.24, 2.45) is 0 Å². The van der Waals surface area contributed by atoms with Crippen molar-refractivity contribution in [3.8, 4) is 0 Å². The molecule has 13 heteroatoms. The lowest BCUT2D eigenvalue weighted by Gasteiger charge is -2.16. The van der Waals surface area contributed by atoms with Crippen LogP contribution in [0.4, 0.5) is 4.79 Å². The number of amides is 5. The Morgan fingerprint density at radius 3 is 1.90 bits per heavy atom. The van der Waals surface area contributed by atoms with Crippen LogP contribution in [0, 0.1) is 0 Å². The Kier molecular flexibility index (Phi) is 18.4. The van der Waals surface area contributed by atoms with E-state index in [1.807, 2.05) is 18.7 Å². The van der Waals surface area contributed by atoms with Gasteiger partial charge in [-0.05, 0) is 39.0 Å². The fourth-order valence-electron chi connectivity index (χ4n) is 4.49. The Balaban J connectivity index is 1.25. The van der Waals surface area contributed by atoms with Gasteiger partial charge in [0.25, 0.3) is 0 Å². The fraction of sp³-hybridized carbons (Fsp3) is 0.852. The maximum atomic E-state index is 12.0. The largest absolute Gasteiger partial charge is 0.379 e. The Bertz CT molecular complexity index is 761. The molecule has 2 heterocycles. The summed E-state index contributed by atoms with van der Waals surface area (Å²) in [6, 6.07) is 0.422. The van der Waals surface area contributed by atoms with E-state index >= 15 is 0 Å². The summed E-state index contributed by atoms with van der Waals surface area (Å²) in [5, 5.41) is 14.9. The van der Waals surface area contributed by atoms with Crippen molar-refractivity contribution in [3.63, 3.8) is 0 Å². The molecular formula is C27H49N5O7S. The van der Waals surface area contributed by atoms with Crippen molar-refractivity contribution in [3.05, 3.63) is 0 Å². The maximum absolute atomic E-state index is 12.0. The molecule has 0 aromatic carbocycles. The highest BCUT2D eigenvalue weighted by Gasteiger charge is 2.42. The van der Waals surface area contributed by atoms with Crippen LogP contribution in [-0.2, 0) is 28.6 Å². The van der Waals surface area contributed by atoms with Gasteiger partial charge < -0.3 is 40.8 Å².